The first-order valence-electron chi connectivity index (χ1n) is 10.1. The molecule has 2 amide bonds. The number of piperidine rings is 1. The minimum absolute atomic E-state index is 0.128. The lowest BCUT2D eigenvalue weighted by Crippen LogP contribution is -2.54. The van der Waals surface area contributed by atoms with E-state index < -0.39 is 0 Å². The first-order valence-corrected chi connectivity index (χ1v) is 10.1. The zero-order chi connectivity index (χ0) is 18.1. The first-order chi connectivity index (χ1) is 12.6. The molecule has 2 aliphatic carbocycles. The van der Waals surface area contributed by atoms with Crippen molar-refractivity contribution < 1.29 is 9.59 Å². The predicted octanol–water partition coefficient (Wildman–Crippen LogP) is 3.00. The second-order valence-corrected chi connectivity index (χ2v) is 8.56. The number of likely N-dealkylation sites (tertiary alicyclic amines) is 1. The number of amides is 2. The lowest BCUT2D eigenvalue weighted by atomic mass is 9.83. The van der Waals surface area contributed by atoms with Gasteiger partial charge in [0.1, 0.15) is 0 Å². The van der Waals surface area contributed by atoms with Gasteiger partial charge in [0.05, 0.1) is 0 Å². The van der Waals surface area contributed by atoms with Crippen molar-refractivity contribution in [1.82, 2.24) is 14.8 Å². The Kier molecular flexibility index (Phi) is 4.72. The molecule has 3 aliphatic rings. The van der Waals surface area contributed by atoms with Crippen LogP contribution in [0.15, 0.2) is 24.5 Å². The van der Waals surface area contributed by atoms with Crippen molar-refractivity contribution in [2.45, 2.75) is 64.5 Å². The Morgan fingerprint density at radius 3 is 2.69 bits per heavy atom. The maximum Gasteiger partial charge on any atom is 0.228 e. The lowest BCUT2D eigenvalue weighted by molar-refractivity contribution is -0.147. The van der Waals surface area contributed by atoms with Crippen LogP contribution in [-0.4, -0.2) is 45.7 Å². The molecular formula is C21H29N3O2. The molecule has 5 heteroatoms. The van der Waals surface area contributed by atoms with Crippen molar-refractivity contribution in [2.75, 3.05) is 13.1 Å². The summed E-state index contributed by atoms with van der Waals surface area (Å²) in [6.07, 6.45) is 10.8. The van der Waals surface area contributed by atoms with E-state index >= 15 is 0 Å². The van der Waals surface area contributed by atoms with Gasteiger partial charge in [-0.15, -0.1) is 0 Å². The lowest BCUT2D eigenvalue weighted by Gasteiger charge is -2.42. The van der Waals surface area contributed by atoms with Gasteiger partial charge in [-0.05, 0) is 50.2 Å². The molecule has 5 nitrogen and oxygen atoms in total. The van der Waals surface area contributed by atoms with Crippen LogP contribution in [0.1, 0.15) is 57.4 Å². The van der Waals surface area contributed by atoms with E-state index in [2.05, 4.69) is 16.8 Å². The van der Waals surface area contributed by atoms with Crippen molar-refractivity contribution in [3.05, 3.63) is 30.1 Å². The summed E-state index contributed by atoms with van der Waals surface area (Å²) in [6.45, 7) is 4.20. The number of carbonyl (C=O) groups excluding carboxylic acids is 2. The number of aromatic nitrogens is 1. The topological polar surface area (TPSA) is 53.5 Å². The summed E-state index contributed by atoms with van der Waals surface area (Å²) in [4.78, 5) is 34.2. The van der Waals surface area contributed by atoms with Crippen LogP contribution >= 0.6 is 0 Å². The van der Waals surface area contributed by atoms with E-state index in [1.54, 1.807) is 6.20 Å². The SMILES string of the molecule is CC1(C(=O)N2CCCC(N(Cc3cccnc3)C(=O)C3CCC3)C2)CC1. The number of pyridine rings is 1. The Hall–Kier alpha value is -1.91. The molecular weight excluding hydrogens is 326 g/mol. The van der Waals surface area contributed by atoms with Crippen LogP contribution in [0, 0.1) is 11.3 Å². The summed E-state index contributed by atoms with van der Waals surface area (Å²) in [6, 6.07) is 4.08. The van der Waals surface area contributed by atoms with E-state index in [9.17, 15) is 9.59 Å². The normalized spacial score (nSPS) is 24.7. The largest absolute Gasteiger partial charge is 0.340 e. The van der Waals surface area contributed by atoms with Gasteiger partial charge in [0.2, 0.25) is 11.8 Å². The van der Waals surface area contributed by atoms with E-state index in [1.807, 2.05) is 23.2 Å². The minimum Gasteiger partial charge on any atom is -0.340 e. The highest BCUT2D eigenvalue weighted by Gasteiger charge is 2.48. The number of nitrogens with zero attached hydrogens (tertiary/aromatic N) is 3. The van der Waals surface area contributed by atoms with Crippen molar-refractivity contribution in [1.29, 1.82) is 0 Å². The van der Waals surface area contributed by atoms with Gasteiger partial charge in [-0.3, -0.25) is 14.6 Å². The molecule has 2 saturated carbocycles. The Labute approximate surface area is 155 Å². The van der Waals surface area contributed by atoms with E-state index in [-0.39, 0.29) is 23.3 Å². The molecule has 1 aliphatic heterocycles. The van der Waals surface area contributed by atoms with Gasteiger partial charge >= 0.3 is 0 Å². The quantitative estimate of drug-likeness (QED) is 0.816. The van der Waals surface area contributed by atoms with Gasteiger partial charge in [0.15, 0.2) is 0 Å². The molecule has 0 aromatic carbocycles. The van der Waals surface area contributed by atoms with E-state index in [0.29, 0.717) is 19.0 Å². The molecule has 1 aromatic heterocycles. The molecule has 140 valence electrons. The third kappa shape index (κ3) is 3.49. The molecule has 26 heavy (non-hydrogen) atoms. The van der Waals surface area contributed by atoms with Crippen LogP contribution in [0.5, 0.6) is 0 Å². The highest BCUT2D eigenvalue weighted by Crippen LogP contribution is 2.47. The van der Waals surface area contributed by atoms with Gasteiger partial charge in [0.25, 0.3) is 0 Å². The van der Waals surface area contributed by atoms with Crippen LogP contribution in [-0.2, 0) is 16.1 Å². The van der Waals surface area contributed by atoms with Gasteiger partial charge < -0.3 is 9.80 Å². The number of hydrogen-bond donors (Lipinski definition) is 0. The number of rotatable bonds is 5. The van der Waals surface area contributed by atoms with E-state index in [4.69, 9.17) is 0 Å². The average molecular weight is 355 g/mol. The summed E-state index contributed by atoms with van der Waals surface area (Å²) in [5, 5.41) is 0. The van der Waals surface area contributed by atoms with Crippen LogP contribution < -0.4 is 0 Å². The van der Waals surface area contributed by atoms with Crippen molar-refractivity contribution in [3.8, 4) is 0 Å². The minimum atomic E-state index is -0.131. The smallest absolute Gasteiger partial charge is 0.228 e. The van der Waals surface area contributed by atoms with Crippen LogP contribution in [0.3, 0.4) is 0 Å². The van der Waals surface area contributed by atoms with E-state index in [1.165, 1.54) is 0 Å². The zero-order valence-electron chi connectivity index (χ0n) is 15.7. The zero-order valence-corrected chi connectivity index (χ0v) is 15.7. The Morgan fingerprint density at radius 2 is 2.08 bits per heavy atom. The van der Waals surface area contributed by atoms with Crippen molar-refractivity contribution in [3.63, 3.8) is 0 Å². The summed E-state index contributed by atoms with van der Waals surface area (Å²) in [5.41, 5.74) is 0.936. The molecule has 1 aromatic rings. The summed E-state index contributed by atoms with van der Waals surface area (Å²) in [7, 11) is 0. The monoisotopic (exact) mass is 355 g/mol. The molecule has 2 heterocycles. The standard InChI is InChI=1S/C21H29N3O2/c1-21(9-10-21)20(26)23-12-4-8-18(15-23)24(19(25)17-6-2-7-17)14-16-5-3-11-22-13-16/h3,5,11,13,17-18H,2,4,6-10,12,14-15H2,1H3. The average Bonchev–Trinajstić information content (AvgIpc) is 3.37. The van der Waals surface area contributed by atoms with Gasteiger partial charge in [-0.1, -0.05) is 19.4 Å². The summed E-state index contributed by atoms with van der Waals surface area (Å²) >= 11 is 0. The third-order valence-corrected chi connectivity index (χ3v) is 6.45. The fourth-order valence-corrected chi connectivity index (χ4v) is 4.14. The third-order valence-electron chi connectivity index (χ3n) is 6.45. The molecule has 0 spiro atoms. The van der Waals surface area contributed by atoms with Crippen LogP contribution in [0.2, 0.25) is 0 Å². The Bertz CT molecular complexity index is 667. The number of hydrogen-bond acceptors (Lipinski definition) is 3. The molecule has 4 rings (SSSR count). The predicted molar refractivity (Wildman–Crippen MR) is 99.1 cm³/mol. The molecule has 0 radical (unpaired) electrons. The molecule has 0 bridgehead atoms. The van der Waals surface area contributed by atoms with Gasteiger partial charge in [-0.25, -0.2) is 0 Å². The first kappa shape index (κ1) is 17.5. The molecule has 3 fully saturated rings. The second-order valence-electron chi connectivity index (χ2n) is 8.56. The van der Waals surface area contributed by atoms with Crippen LogP contribution in [0.4, 0.5) is 0 Å². The maximum absolute atomic E-state index is 13.1. The van der Waals surface area contributed by atoms with Gasteiger partial charge in [-0.2, -0.15) is 0 Å². The fraction of sp³-hybridized carbons (Fsp3) is 0.667. The number of carbonyl (C=O) groups is 2. The maximum atomic E-state index is 13.1. The molecule has 1 atom stereocenters. The second kappa shape index (κ2) is 7.01. The summed E-state index contributed by atoms with van der Waals surface area (Å²) in [5.74, 6) is 0.746. The molecule has 1 saturated heterocycles. The van der Waals surface area contributed by atoms with Gasteiger partial charge in [0, 0.05) is 49.4 Å². The molecule has 1 unspecified atom stereocenters. The Morgan fingerprint density at radius 1 is 1.27 bits per heavy atom. The summed E-state index contributed by atoms with van der Waals surface area (Å²) < 4.78 is 0. The molecule has 0 N–H and O–H groups in total. The fourth-order valence-electron chi connectivity index (χ4n) is 4.14. The highest BCUT2D eigenvalue weighted by molar-refractivity contribution is 5.85. The van der Waals surface area contributed by atoms with Crippen LogP contribution in [0.25, 0.3) is 0 Å². The van der Waals surface area contributed by atoms with Crippen molar-refractivity contribution in [2.24, 2.45) is 11.3 Å². The van der Waals surface area contributed by atoms with E-state index in [0.717, 1.165) is 57.1 Å². The highest BCUT2D eigenvalue weighted by atomic mass is 16.2. The Balaban J connectivity index is 1.50. The van der Waals surface area contributed by atoms with Crippen molar-refractivity contribution >= 4 is 11.8 Å².